The molecule has 7 nitrogen and oxygen atoms in total. The molecule has 0 aliphatic heterocycles. The van der Waals surface area contributed by atoms with Crippen molar-refractivity contribution < 1.29 is 19.8 Å². The molecule has 32 heavy (non-hydrogen) atoms. The van der Waals surface area contributed by atoms with E-state index in [2.05, 4.69) is 64.5 Å². The number of hydrogen-bond acceptors (Lipinski definition) is 3. The summed E-state index contributed by atoms with van der Waals surface area (Å²) in [6.45, 7) is 1.74. The molecule has 0 aliphatic carbocycles. The van der Waals surface area contributed by atoms with Crippen molar-refractivity contribution in [2.24, 2.45) is 5.92 Å². The van der Waals surface area contributed by atoms with E-state index in [9.17, 15) is 9.59 Å². The van der Waals surface area contributed by atoms with Crippen LogP contribution in [0.5, 0.6) is 0 Å². The van der Waals surface area contributed by atoms with Gasteiger partial charge in [-0.2, -0.15) is 0 Å². The van der Waals surface area contributed by atoms with E-state index in [-0.39, 0.29) is 6.54 Å². The third-order valence-corrected chi connectivity index (χ3v) is 5.53. The third-order valence-electron chi connectivity index (χ3n) is 5.53. The second-order valence-corrected chi connectivity index (χ2v) is 8.09. The number of carbonyl (C=O) groups is 2. The van der Waals surface area contributed by atoms with E-state index in [4.69, 9.17) is 10.2 Å². The lowest BCUT2D eigenvalue weighted by molar-refractivity contribution is 0.182. The zero-order chi connectivity index (χ0) is 23.0. The largest absolute Gasteiger partial charge is 0.465 e. The number of amides is 2. The van der Waals surface area contributed by atoms with Gasteiger partial charge in [-0.15, -0.1) is 0 Å². The predicted molar refractivity (Wildman–Crippen MR) is 126 cm³/mol. The number of benzene rings is 2. The van der Waals surface area contributed by atoms with Crippen LogP contribution in [0.15, 0.2) is 60.7 Å². The van der Waals surface area contributed by atoms with Crippen LogP contribution in [0.1, 0.15) is 36.8 Å². The normalized spacial score (nSPS) is 11.8. The average molecular weight is 442 g/mol. The first kappa shape index (κ1) is 25.2. The minimum Gasteiger partial charge on any atom is -0.465 e. The van der Waals surface area contributed by atoms with Gasteiger partial charge in [0.05, 0.1) is 0 Å². The van der Waals surface area contributed by atoms with E-state index in [1.54, 1.807) is 0 Å². The Labute approximate surface area is 190 Å². The highest BCUT2D eigenvalue weighted by Gasteiger charge is 2.13. The quantitative estimate of drug-likeness (QED) is 0.267. The number of rotatable bonds is 15. The summed E-state index contributed by atoms with van der Waals surface area (Å²) < 4.78 is 0. The van der Waals surface area contributed by atoms with E-state index in [1.807, 2.05) is 12.1 Å². The minimum atomic E-state index is -1.15. The fourth-order valence-corrected chi connectivity index (χ4v) is 3.77. The SMILES string of the molecule is O=C(O)NC[C@H](CCCNCC(CCc1ccccc1)CCc1ccccc1)NC(=O)O. The highest BCUT2D eigenvalue weighted by atomic mass is 16.4. The maximum absolute atomic E-state index is 10.9. The molecular formula is C25H35N3O4. The molecule has 0 heterocycles. The highest BCUT2D eigenvalue weighted by Crippen LogP contribution is 2.16. The summed E-state index contributed by atoms with van der Waals surface area (Å²) >= 11 is 0. The van der Waals surface area contributed by atoms with Crippen molar-refractivity contribution in [1.82, 2.24) is 16.0 Å². The zero-order valence-electron chi connectivity index (χ0n) is 18.5. The lowest BCUT2D eigenvalue weighted by atomic mass is 9.93. The van der Waals surface area contributed by atoms with Gasteiger partial charge in [0.2, 0.25) is 0 Å². The van der Waals surface area contributed by atoms with Crippen LogP contribution in [-0.4, -0.2) is 48.1 Å². The summed E-state index contributed by atoms with van der Waals surface area (Å²) in [6.07, 6.45) is 3.35. The van der Waals surface area contributed by atoms with E-state index in [1.165, 1.54) is 11.1 Å². The second-order valence-electron chi connectivity index (χ2n) is 8.09. The molecule has 0 unspecified atom stereocenters. The third kappa shape index (κ3) is 11.4. The molecule has 0 bridgehead atoms. The number of nitrogens with one attached hydrogen (secondary N) is 3. The summed E-state index contributed by atoms with van der Waals surface area (Å²) in [5.41, 5.74) is 2.71. The van der Waals surface area contributed by atoms with Crippen LogP contribution in [0.4, 0.5) is 9.59 Å². The lowest BCUT2D eigenvalue weighted by Crippen LogP contribution is -2.43. The van der Waals surface area contributed by atoms with Crippen molar-refractivity contribution in [3.05, 3.63) is 71.8 Å². The Bertz CT molecular complexity index is 743. The van der Waals surface area contributed by atoms with Gasteiger partial charge in [0.1, 0.15) is 0 Å². The highest BCUT2D eigenvalue weighted by molar-refractivity contribution is 5.66. The maximum Gasteiger partial charge on any atom is 0.404 e. The van der Waals surface area contributed by atoms with E-state index < -0.39 is 18.2 Å². The molecule has 2 aromatic carbocycles. The van der Waals surface area contributed by atoms with Crippen molar-refractivity contribution in [3.8, 4) is 0 Å². The first-order valence-corrected chi connectivity index (χ1v) is 11.3. The van der Waals surface area contributed by atoms with Crippen LogP contribution < -0.4 is 16.0 Å². The molecule has 2 amide bonds. The lowest BCUT2D eigenvalue weighted by Gasteiger charge is -2.19. The Kier molecular flexibility index (Phi) is 11.7. The van der Waals surface area contributed by atoms with Crippen molar-refractivity contribution in [3.63, 3.8) is 0 Å². The summed E-state index contributed by atoms with van der Waals surface area (Å²) in [5.74, 6) is 0.539. The number of carboxylic acid groups (broad SMARTS) is 2. The second kappa shape index (κ2) is 14.9. The molecule has 174 valence electrons. The molecule has 7 heteroatoms. The van der Waals surface area contributed by atoms with Crippen LogP contribution in [-0.2, 0) is 12.8 Å². The fourth-order valence-electron chi connectivity index (χ4n) is 3.77. The van der Waals surface area contributed by atoms with Gasteiger partial charge in [0.25, 0.3) is 0 Å². The number of hydrogen-bond donors (Lipinski definition) is 5. The Hall–Kier alpha value is -3.06. The van der Waals surface area contributed by atoms with Crippen LogP contribution in [0.25, 0.3) is 0 Å². The maximum atomic E-state index is 10.9. The molecular weight excluding hydrogens is 406 g/mol. The zero-order valence-corrected chi connectivity index (χ0v) is 18.5. The summed E-state index contributed by atoms with van der Waals surface area (Å²) in [7, 11) is 0. The molecule has 1 atom stereocenters. The molecule has 0 saturated heterocycles. The van der Waals surface area contributed by atoms with Crippen molar-refractivity contribution in [2.75, 3.05) is 19.6 Å². The minimum absolute atomic E-state index is 0.0679. The fraction of sp³-hybridized carbons (Fsp3) is 0.440. The van der Waals surface area contributed by atoms with Crippen LogP contribution in [0.2, 0.25) is 0 Å². The Balaban J connectivity index is 1.76. The molecule has 2 rings (SSSR count). The van der Waals surface area contributed by atoms with E-state index >= 15 is 0 Å². The average Bonchev–Trinajstić information content (AvgIpc) is 2.79. The molecule has 0 radical (unpaired) electrons. The summed E-state index contributed by atoms with van der Waals surface area (Å²) in [5, 5.41) is 25.8. The van der Waals surface area contributed by atoms with Gasteiger partial charge in [-0.05, 0) is 68.7 Å². The molecule has 2 aromatic rings. The van der Waals surface area contributed by atoms with Crippen molar-refractivity contribution in [2.45, 2.75) is 44.6 Å². The van der Waals surface area contributed by atoms with Crippen LogP contribution >= 0.6 is 0 Å². The molecule has 0 spiro atoms. The van der Waals surface area contributed by atoms with Gasteiger partial charge >= 0.3 is 12.2 Å². The molecule has 0 saturated carbocycles. The standard InChI is InChI=1S/C25H35N3O4/c29-24(30)27-19-23(28-25(31)32)12-7-17-26-18-22(15-13-20-8-3-1-4-9-20)16-14-21-10-5-2-6-11-21/h1-6,8-11,22-23,26-28H,7,12-19H2,(H,29,30)(H,31,32)/t23-/m0/s1. The van der Waals surface area contributed by atoms with Crippen LogP contribution in [0, 0.1) is 5.92 Å². The Morgan fingerprint density at radius 3 is 1.81 bits per heavy atom. The number of aryl methyl sites for hydroxylation is 2. The van der Waals surface area contributed by atoms with Gasteiger partial charge in [-0.25, -0.2) is 9.59 Å². The monoisotopic (exact) mass is 441 g/mol. The van der Waals surface area contributed by atoms with E-state index in [0.717, 1.165) is 45.2 Å². The van der Waals surface area contributed by atoms with Gasteiger partial charge in [0, 0.05) is 12.6 Å². The Morgan fingerprint density at radius 1 is 0.750 bits per heavy atom. The molecule has 0 aliphatic rings. The Morgan fingerprint density at radius 2 is 1.31 bits per heavy atom. The molecule has 0 aromatic heterocycles. The first-order valence-electron chi connectivity index (χ1n) is 11.3. The topological polar surface area (TPSA) is 111 Å². The van der Waals surface area contributed by atoms with E-state index in [0.29, 0.717) is 12.3 Å². The van der Waals surface area contributed by atoms with Crippen molar-refractivity contribution >= 4 is 12.2 Å². The van der Waals surface area contributed by atoms with Crippen LogP contribution in [0.3, 0.4) is 0 Å². The summed E-state index contributed by atoms with van der Waals surface area (Å²) in [6, 6.07) is 20.6. The van der Waals surface area contributed by atoms with Gasteiger partial charge in [0.15, 0.2) is 0 Å². The first-order chi connectivity index (χ1) is 15.5. The van der Waals surface area contributed by atoms with Crippen molar-refractivity contribution in [1.29, 1.82) is 0 Å². The molecule has 0 fully saturated rings. The summed E-state index contributed by atoms with van der Waals surface area (Å²) in [4.78, 5) is 21.6. The predicted octanol–water partition coefficient (Wildman–Crippen LogP) is 4.14. The van der Waals surface area contributed by atoms with Gasteiger partial charge in [-0.1, -0.05) is 60.7 Å². The smallest absolute Gasteiger partial charge is 0.404 e. The van der Waals surface area contributed by atoms with Gasteiger partial charge in [-0.3, -0.25) is 0 Å². The molecule has 5 N–H and O–H groups in total. The van der Waals surface area contributed by atoms with Gasteiger partial charge < -0.3 is 26.2 Å².